The van der Waals surface area contributed by atoms with Gasteiger partial charge in [0.25, 0.3) is 0 Å². The summed E-state index contributed by atoms with van der Waals surface area (Å²) in [5, 5.41) is 0. The molecule has 0 aliphatic rings. The Labute approximate surface area is 118 Å². The molecule has 1 unspecified atom stereocenters. The Morgan fingerprint density at radius 1 is 1.05 bits per heavy atom. The molecule has 0 aliphatic carbocycles. The monoisotopic (exact) mass is 275 g/mol. The number of hydrogen-bond acceptors (Lipinski definition) is 3. The molecule has 20 heavy (non-hydrogen) atoms. The lowest BCUT2D eigenvalue weighted by Crippen LogP contribution is -2.15. The average Bonchev–Trinajstić information content (AvgIpc) is 2.47. The van der Waals surface area contributed by atoms with Gasteiger partial charge in [0, 0.05) is 11.6 Å². The average molecular weight is 275 g/mol. The van der Waals surface area contributed by atoms with Crippen LogP contribution in [0.15, 0.2) is 42.5 Å². The molecule has 2 aromatic rings. The van der Waals surface area contributed by atoms with E-state index in [1.54, 1.807) is 20.3 Å². The fourth-order valence-electron chi connectivity index (χ4n) is 2.21. The molecule has 0 aromatic heterocycles. The number of hydrogen-bond donors (Lipinski definition) is 1. The van der Waals surface area contributed by atoms with Crippen LogP contribution in [0.2, 0.25) is 0 Å². The normalized spacial score (nSPS) is 12.0. The van der Waals surface area contributed by atoms with Crippen molar-refractivity contribution in [2.45, 2.75) is 12.5 Å². The number of benzene rings is 2. The van der Waals surface area contributed by atoms with Crippen LogP contribution in [0.3, 0.4) is 0 Å². The van der Waals surface area contributed by atoms with Crippen LogP contribution >= 0.6 is 0 Å². The Hall–Kier alpha value is -2.07. The SMILES string of the molecule is COc1ccccc1CC(N)c1cc(F)ccc1OC. The van der Waals surface area contributed by atoms with Gasteiger partial charge in [0.2, 0.25) is 0 Å². The minimum atomic E-state index is -0.364. The van der Waals surface area contributed by atoms with Gasteiger partial charge in [-0.3, -0.25) is 0 Å². The number of para-hydroxylation sites is 1. The molecular weight excluding hydrogens is 257 g/mol. The first kappa shape index (κ1) is 14.3. The second-order valence-electron chi connectivity index (χ2n) is 4.51. The summed E-state index contributed by atoms with van der Waals surface area (Å²) < 4.78 is 23.9. The number of rotatable bonds is 5. The van der Waals surface area contributed by atoms with Crippen molar-refractivity contribution in [1.29, 1.82) is 0 Å². The summed E-state index contributed by atoms with van der Waals surface area (Å²) in [4.78, 5) is 0. The lowest BCUT2D eigenvalue weighted by atomic mass is 9.98. The van der Waals surface area contributed by atoms with Gasteiger partial charge in [0.1, 0.15) is 17.3 Å². The molecule has 0 bridgehead atoms. The van der Waals surface area contributed by atoms with Gasteiger partial charge in [-0.2, -0.15) is 0 Å². The number of ether oxygens (including phenoxy) is 2. The molecule has 4 heteroatoms. The third-order valence-electron chi connectivity index (χ3n) is 3.22. The quantitative estimate of drug-likeness (QED) is 0.912. The summed E-state index contributed by atoms with van der Waals surface area (Å²) in [6.07, 6.45) is 0.545. The summed E-state index contributed by atoms with van der Waals surface area (Å²) >= 11 is 0. The molecule has 0 saturated heterocycles. The summed E-state index contributed by atoms with van der Waals surface area (Å²) in [6.45, 7) is 0. The van der Waals surface area contributed by atoms with Crippen LogP contribution in [0.1, 0.15) is 17.2 Å². The molecule has 0 amide bonds. The molecule has 2 aromatic carbocycles. The highest BCUT2D eigenvalue weighted by atomic mass is 19.1. The Bertz CT molecular complexity index is 586. The van der Waals surface area contributed by atoms with Crippen molar-refractivity contribution in [2.24, 2.45) is 5.73 Å². The highest BCUT2D eigenvalue weighted by Crippen LogP contribution is 2.29. The van der Waals surface area contributed by atoms with Crippen LogP contribution in [0.5, 0.6) is 11.5 Å². The summed E-state index contributed by atoms with van der Waals surface area (Å²) in [5.74, 6) is 1.04. The Balaban J connectivity index is 2.28. The molecule has 3 nitrogen and oxygen atoms in total. The van der Waals surface area contributed by atoms with Gasteiger partial charge in [0.15, 0.2) is 0 Å². The molecule has 0 spiro atoms. The van der Waals surface area contributed by atoms with Gasteiger partial charge in [-0.05, 0) is 36.2 Å². The Morgan fingerprint density at radius 2 is 1.75 bits per heavy atom. The largest absolute Gasteiger partial charge is 0.496 e. The molecule has 0 fully saturated rings. The van der Waals surface area contributed by atoms with Gasteiger partial charge < -0.3 is 15.2 Å². The van der Waals surface area contributed by atoms with Crippen LogP contribution in [0.25, 0.3) is 0 Å². The smallest absolute Gasteiger partial charge is 0.123 e. The van der Waals surface area contributed by atoms with Crippen LogP contribution in [0.4, 0.5) is 4.39 Å². The predicted molar refractivity (Wildman–Crippen MR) is 76.6 cm³/mol. The van der Waals surface area contributed by atoms with Gasteiger partial charge in [0.05, 0.1) is 14.2 Å². The molecular formula is C16H18FNO2. The van der Waals surface area contributed by atoms with E-state index in [0.717, 1.165) is 11.3 Å². The highest BCUT2D eigenvalue weighted by molar-refractivity contribution is 5.39. The summed E-state index contributed by atoms with van der Waals surface area (Å²) in [7, 11) is 3.17. The fourth-order valence-corrected chi connectivity index (χ4v) is 2.21. The van der Waals surface area contributed by atoms with Crippen molar-refractivity contribution >= 4 is 0 Å². The van der Waals surface area contributed by atoms with E-state index in [1.165, 1.54) is 12.1 Å². The molecule has 106 valence electrons. The Morgan fingerprint density at radius 3 is 2.45 bits per heavy atom. The fraction of sp³-hybridized carbons (Fsp3) is 0.250. The maximum absolute atomic E-state index is 13.4. The maximum Gasteiger partial charge on any atom is 0.123 e. The second-order valence-corrected chi connectivity index (χ2v) is 4.51. The van der Waals surface area contributed by atoms with Crippen molar-refractivity contribution in [3.05, 3.63) is 59.4 Å². The van der Waals surface area contributed by atoms with E-state index in [-0.39, 0.29) is 11.9 Å². The minimum absolute atomic E-state index is 0.323. The molecule has 1 atom stereocenters. The third kappa shape index (κ3) is 3.08. The van der Waals surface area contributed by atoms with Crippen molar-refractivity contribution in [3.8, 4) is 11.5 Å². The zero-order valence-corrected chi connectivity index (χ0v) is 11.6. The highest BCUT2D eigenvalue weighted by Gasteiger charge is 2.15. The third-order valence-corrected chi connectivity index (χ3v) is 3.22. The zero-order chi connectivity index (χ0) is 14.5. The summed E-state index contributed by atoms with van der Waals surface area (Å²) in [5.41, 5.74) is 7.83. The van der Waals surface area contributed by atoms with Crippen LogP contribution < -0.4 is 15.2 Å². The molecule has 0 heterocycles. The van der Waals surface area contributed by atoms with Crippen LogP contribution in [-0.2, 0) is 6.42 Å². The van der Waals surface area contributed by atoms with E-state index >= 15 is 0 Å². The maximum atomic E-state index is 13.4. The van der Waals surface area contributed by atoms with Gasteiger partial charge in [-0.25, -0.2) is 4.39 Å². The number of nitrogens with two attached hydrogens (primary N) is 1. The van der Waals surface area contributed by atoms with Crippen LogP contribution in [-0.4, -0.2) is 14.2 Å². The van der Waals surface area contributed by atoms with Crippen LogP contribution in [0, 0.1) is 5.82 Å². The molecule has 2 N–H and O–H groups in total. The van der Waals surface area contributed by atoms with E-state index in [4.69, 9.17) is 15.2 Å². The van der Waals surface area contributed by atoms with E-state index < -0.39 is 0 Å². The van der Waals surface area contributed by atoms with Gasteiger partial charge >= 0.3 is 0 Å². The molecule has 0 saturated carbocycles. The summed E-state index contributed by atoms with van der Waals surface area (Å²) in [6, 6.07) is 11.7. The minimum Gasteiger partial charge on any atom is -0.496 e. The lowest BCUT2D eigenvalue weighted by molar-refractivity contribution is 0.399. The van der Waals surface area contributed by atoms with Crippen molar-refractivity contribution in [1.82, 2.24) is 0 Å². The molecule has 0 aliphatic heterocycles. The van der Waals surface area contributed by atoms with E-state index in [2.05, 4.69) is 0 Å². The van der Waals surface area contributed by atoms with E-state index in [9.17, 15) is 4.39 Å². The predicted octanol–water partition coefficient (Wildman–Crippen LogP) is 3.09. The lowest BCUT2D eigenvalue weighted by Gasteiger charge is -2.17. The van der Waals surface area contributed by atoms with Gasteiger partial charge in [-0.15, -0.1) is 0 Å². The molecule has 0 radical (unpaired) electrons. The zero-order valence-electron chi connectivity index (χ0n) is 11.6. The first-order chi connectivity index (χ1) is 9.65. The van der Waals surface area contributed by atoms with E-state index in [0.29, 0.717) is 17.7 Å². The van der Waals surface area contributed by atoms with E-state index in [1.807, 2.05) is 24.3 Å². The Kier molecular flexibility index (Phi) is 4.58. The topological polar surface area (TPSA) is 44.5 Å². The number of methoxy groups -OCH3 is 2. The molecule has 2 rings (SSSR count). The van der Waals surface area contributed by atoms with Gasteiger partial charge in [-0.1, -0.05) is 18.2 Å². The first-order valence-electron chi connectivity index (χ1n) is 6.36. The first-order valence-corrected chi connectivity index (χ1v) is 6.36. The van der Waals surface area contributed by atoms with Crippen molar-refractivity contribution in [2.75, 3.05) is 14.2 Å². The standard InChI is InChI=1S/C16H18FNO2/c1-19-15-6-4-3-5-11(15)9-14(18)13-10-12(17)7-8-16(13)20-2/h3-8,10,14H,9,18H2,1-2H3. The van der Waals surface area contributed by atoms with Crippen molar-refractivity contribution < 1.29 is 13.9 Å². The van der Waals surface area contributed by atoms with Crippen molar-refractivity contribution in [3.63, 3.8) is 0 Å². The second kappa shape index (κ2) is 6.39. The number of halogens is 1.